The van der Waals surface area contributed by atoms with Crippen molar-refractivity contribution in [1.29, 1.82) is 0 Å². The van der Waals surface area contributed by atoms with Crippen molar-refractivity contribution in [3.63, 3.8) is 0 Å². The third kappa shape index (κ3) is 5.30. The Kier molecular flexibility index (Phi) is 5.83. The second kappa shape index (κ2) is 7.14. The maximum absolute atomic E-state index is 11.7. The first kappa shape index (κ1) is 15.5. The smallest absolute Gasteiger partial charge is 0.235 e. The van der Waals surface area contributed by atoms with Crippen molar-refractivity contribution in [1.82, 2.24) is 0 Å². The van der Waals surface area contributed by atoms with E-state index in [2.05, 4.69) is 16.6 Å². The van der Waals surface area contributed by atoms with Gasteiger partial charge in [0.05, 0.1) is 18.0 Å². The Labute approximate surface area is 113 Å². The van der Waals surface area contributed by atoms with Crippen molar-refractivity contribution in [2.45, 2.75) is 6.92 Å². The summed E-state index contributed by atoms with van der Waals surface area (Å²) in [7, 11) is -1.95. The Morgan fingerprint density at radius 2 is 2.16 bits per heavy atom. The fraction of sp³-hybridized carbons (Fsp3) is 0.385. The fourth-order valence-electron chi connectivity index (χ4n) is 1.41. The molecule has 0 amide bonds. The first-order valence-electron chi connectivity index (χ1n) is 5.68. The zero-order valence-corrected chi connectivity index (χ0v) is 11.8. The average molecular weight is 283 g/mol. The van der Waals surface area contributed by atoms with Crippen LogP contribution in [0.3, 0.4) is 0 Å². The third-order valence-corrected chi connectivity index (χ3v) is 3.59. The molecule has 0 aliphatic heterocycles. The minimum Gasteiger partial charge on any atom is -0.384 e. The minimum absolute atomic E-state index is 0.0883. The van der Waals surface area contributed by atoms with Gasteiger partial charge in [-0.25, -0.2) is 8.42 Å². The molecule has 0 saturated carbocycles. The highest BCUT2D eigenvalue weighted by Crippen LogP contribution is 2.17. The quantitative estimate of drug-likeness (QED) is 0.781. The average Bonchev–Trinajstić information content (AvgIpc) is 2.37. The molecule has 0 aromatic heterocycles. The second-order valence-corrected chi connectivity index (χ2v) is 5.75. The van der Waals surface area contributed by atoms with Gasteiger partial charge >= 0.3 is 0 Å². The molecule has 0 radical (unpaired) electrons. The van der Waals surface area contributed by atoms with Crippen LogP contribution in [0.5, 0.6) is 0 Å². The molecule has 19 heavy (non-hydrogen) atoms. The Hall–Kier alpha value is -1.55. The molecule has 0 heterocycles. The van der Waals surface area contributed by atoms with Crippen molar-refractivity contribution >= 4 is 15.7 Å². The molecule has 2 N–H and O–H groups in total. The third-order valence-electron chi connectivity index (χ3n) is 2.36. The maximum atomic E-state index is 11.7. The molecular weight excluding hydrogens is 266 g/mol. The van der Waals surface area contributed by atoms with Crippen LogP contribution in [0.4, 0.5) is 5.69 Å². The van der Waals surface area contributed by atoms with Crippen LogP contribution >= 0.6 is 0 Å². The maximum Gasteiger partial charge on any atom is 0.235 e. The highest BCUT2D eigenvalue weighted by molar-refractivity contribution is 7.92. The van der Waals surface area contributed by atoms with Gasteiger partial charge in [0.25, 0.3) is 0 Å². The van der Waals surface area contributed by atoms with Gasteiger partial charge < -0.3 is 9.84 Å². The summed E-state index contributed by atoms with van der Waals surface area (Å²) in [6, 6.07) is 5.11. The van der Waals surface area contributed by atoms with Gasteiger partial charge in [0, 0.05) is 12.7 Å². The summed E-state index contributed by atoms with van der Waals surface area (Å²) >= 11 is 0. The van der Waals surface area contributed by atoms with E-state index in [9.17, 15) is 8.42 Å². The number of aliphatic hydroxyl groups is 1. The van der Waals surface area contributed by atoms with Crippen molar-refractivity contribution in [2.24, 2.45) is 0 Å². The Morgan fingerprint density at radius 1 is 1.42 bits per heavy atom. The molecule has 1 rings (SSSR count). The van der Waals surface area contributed by atoms with E-state index in [1.54, 1.807) is 25.1 Å². The summed E-state index contributed by atoms with van der Waals surface area (Å²) in [4.78, 5) is 0. The number of aryl methyl sites for hydroxylation is 1. The van der Waals surface area contributed by atoms with Crippen LogP contribution in [0.1, 0.15) is 11.1 Å². The van der Waals surface area contributed by atoms with Gasteiger partial charge in [0.15, 0.2) is 0 Å². The van der Waals surface area contributed by atoms with Crippen LogP contribution in [0, 0.1) is 18.8 Å². The van der Waals surface area contributed by atoms with E-state index in [-0.39, 0.29) is 19.0 Å². The summed E-state index contributed by atoms with van der Waals surface area (Å²) in [6.07, 6.45) is 0. The molecule has 0 atom stereocenters. The normalized spacial score (nSPS) is 10.7. The lowest BCUT2D eigenvalue weighted by atomic mass is 10.1. The van der Waals surface area contributed by atoms with Crippen LogP contribution < -0.4 is 4.72 Å². The standard InChI is InChI=1S/C13H17NO4S/c1-11-10-12(4-3-7-15)5-6-13(11)14-19(16,17)9-8-18-2/h5-6,10,14-15H,7-9H2,1-2H3. The molecule has 1 aromatic carbocycles. The van der Waals surface area contributed by atoms with Crippen LogP contribution in [-0.2, 0) is 14.8 Å². The first-order valence-corrected chi connectivity index (χ1v) is 7.33. The number of rotatable bonds is 5. The van der Waals surface area contributed by atoms with Gasteiger partial charge in [-0.1, -0.05) is 11.8 Å². The van der Waals surface area contributed by atoms with Gasteiger partial charge in [-0.2, -0.15) is 0 Å². The van der Waals surface area contributed by atoms with Gasteiger partial charge in [-0.05, 0) is 30.7 Å². The molecule has 0 saturated heterocycles. The van der Waals surface area contributed by atoms with Gasteiger partial charge in [0.2, 0.25) is 10.0 Å². The zero-order chi connectivity index (χ0) is 14.3. The lowest BCUT2D eigenvalue weighted by Crippen LogP contribution is -2.20. The van der Waals surface area contributed by atoms with E-state index in [0.29, 0.717) is 5.69 Å². The lowest BCUT2D eigenvalue weighted by Gasteiger charge is -2.10. The van der Waals surface area contributed by atoms with Crippen LogP contribution in [0.15, 0.2) is 18.2 Å². The molecule has 0 unspecified atom stereocenters. The Balaban J connectivity index is 2.86. The second-order valence-electron chi connectivity index (χ2n) is 3.90. The number of hydrogen-bond donors (Lipinski definition) is 2. The molecule has 0 aliphatic carbocycles. The van der Waals surface area contributed by atoms with E-state index < -0.39 is 10.0 Å². The molecular formula is C13H17NO4S. The molecule has 6 heteroatoms. The van der Waals surface area contributed by atoms with E-state index in [0.717, 1.165) is 11.1 Å². The largest absolute Gasteiger partial charge is 0.384 e. The number of nitrogens with one attached hydrogen (secondary N) is 1. The van der Waals surface area contributed by atoms with Crippen molar-refractivity contribution in [2.75, 3.05) is 30.8 Å². The molecule has 0 aliphatic rings. The monoisotopic (exact) mass is 283 g/mol. The molecule has 0 spiro atoms. The predicted octanol–water partition coefficient (Wildman–Crippen LogP) is 0.727. The number of benzene rings is 1. The topological polar surface area (TPSA) is 75.6 Å². The molecule has 0 bridgehead atoms. The van der Waals surface area contributed by atoms with E-state index in [1.807, 2.05) is 0 Å². The Morgan fingerprint density at radius 3 is 2.74 bits per heavy atom. The van der Waals surface area contributed by atoms with E-state index >= 15 is 0 Å². The molecule has 5 nitrogen and oxygen atoms in total. The fourth-order valence-corrected chi connectivity index (χ4v) is 2.46. The first-order chi connectivity index (χ1) is 8.98. The lowest BCUT2D eigenvalue weighted by molar-refractivity contribution is 0.217. The van der Waals surface area contributed by atoms with Crippen molar-refractivity contribution in [3.05, 3.63) is 29.3 Å². The summed E-state index contributed by atoms with van der Waals surface area (Å²) in [5.41, 5.74) is 2.02. The SMILES string of the molecule is COCCS(=O)(=O)Nc1ccc(C#CCO)cc1C. The van der Waals surface area contributed by atoms with Crippen LogP contribution in [-0.4, -0.2) is 39.6 Å². The number of hydrogen-bond acceptors (Lipinski definition) is 4. The number of aliphatic hydroxyl groups excluding tert-OH is 1. The minimum atomic E-state index is -3.40. The summed E-state index contributed by atoms with van der Waals surface area (Å²) < 4.78 is 30.7. The number of methoxy groups -OCH3 is 1. The summed E-state index contributed by atoms with van der Waals surface area (Å²) in [6.45, 7) is 1.73. The highest BCUT2D eigenvalue weighted by Gasteiger charge is 2.11. The molecule has 104 valence electrons. The number of ether oxygens (including phenoxy) is 1. The number of anilines is 1. The number of sulfonamides is 1. The van der Waals surface area contributed by atoms with Gasteiger partial charge in [0.1, 0.15) is 6.61 Å². The molecule has 1 aromatic rings. The van der Waals surface area contributed by atoms with E-state index in [4.69, 9.17) is 9.84 Å². The van der Waals surface area contributed by atoms with Crippen molar-refractivity contribution < 1.29 is 18.3 Å². The van der Waals surface area contributed by atoms with Gasteiger partial charge in [-0.3, -0.25) is 4.72 Å². The van der Waals surface area contributed by atoms with Crippen molar-refractivity contribution in [3.8, 4) is 11.8 Å². The van der Waals surface area contributed by atoms with Crippen LogP contribution in [0.25, 0.3) is 0 Å². The summed E-state index contributed by atoms with van der Waals surface area (Å²) in [5, 5.41) is 8.61. The summed E-state index contributed by atoms with van der Waals surface area (Å²) in [5.74, 6) is 5.21. The molecule has 0 fully saturated rings. The predicted molar refractivity (Wildman–Crippen MR) is 74.4 cm³/mol. The highest BCUT2D eigenvalue weighted by atomic mass is 32.2. The Bertz CT molecular complexity index is 584. The zero-order valence-electron chi connectivity index (χ0n) is 10.9. The van der Waals surface area contributed by atoms with Gasteiger partial charge in [-0.15, -0.1) is 0 Å². The van der Waals surface area contributed by atoms with E-state index in [1.165, 1.54) is 7.11 Å². The van der Waals surface area contributed by atoms with Crippen LogP contribution in [0.2, 0.25) is 0 Å².